The minimum Gasteiger partial charge on any atom is -0.452 e. The van der Waals surface area contributed by atoms with Crippen LogP contribution in [0, 0.1) is 24.2 Å². The Kier molecular flexibility index (Phi) is 5.63. The molecule has 1 atom stereocenters. The van der Waals surface area contributed by atoms with Gasteiger partial charge in [0.1, 0.15) is 5.54 Å². The van der Waals surface area contributed by atoms with Gasteiger partial charge in [0.2, 0.25) is 0 Å². The second-order valence-electron chi connectivity index (χ2n) is 6.09. The first-order chi connectivity index (χ1) is 11.3. The summed E-state index contributed by atoms with van der Waals surface area (Å²) in [5.74, 6) is -0.939. The molecule has 2 rings (SSSR count). The zero-order chi connectivity index (χ0) is 17.7. The quantitative estimate of drug-likeness (QED) is 0.634. The van der Waals surface area contributed by atoms with Crippen LogP contribution in [0.1, 0.15) is 30.9 Å². The summed E-state index contributed by atoms with van der Waals surface area (Å²) in [5.41, 5.74) is 0.819. The second-order valence-corrected chi connectivity index (χ2v) is 6.49. The molecule has 1 aromatic carbocycles. The summed E-state index contributed by atoms with van der Waals surface area (Å²) >= 11 is 6.01. The average Bonchev–Trinajstić information content (AvgIpc) is 3.39. The number of carbonyl (C=O) groups excluding carboxylic acids is 2. The van der Waals surface area contributed by atoms with Crippen LogP contribution in [0.25, 0.3) is 6.08 Å². The molecule has 0 saturated heterocycles. The molecule has 5 nitrogen and oxygen atoms in total. The highest BCUT2D eigenvalue weighted by atomic mass is 35.5. The molecule has 126 valence electrons. The highest BCUT2D eigenvalue weighted by Gasteiger charge is 2.43. The first-order valence-electron chi connectivity index (χ1n) is 7.67. The van der Waals surface area contributed by atoms with Crippen molar-refractivity contribution in [2.75, 3.05) is 6.61 Å². The van der Waals surface area contributed by atoms with Gasteiger partial charge in [0, 0.05) is 11.1 Å². The molecule has 1 aromatic rings. The molecule has 6 heteroatoms. The molecule has 1 saturated carbocycles. The summed E-state index contributed by atoms with van der Waals surface area (Å²) in [7, 11) is 0. The first-order valence-corrected chi connectivity index (χ1v) is 8.05. The van der Waals surface area contributed by atoms with Crippen molar-refractivity contribution >= 4 is 29.6 Å². The van der Waals surface area contributed by atoms with Crippen molar-refractivity contribution in [1.29, 1.82) is 5.26 Å². The number of esters is 1. The van der Waals surface area contributed by atoms with Crippen molar-refractivity contribution < 1.29 is 14.3 Å². The number of ether oxygens (including phenoxy) is 1. The van der Waals surface area contributed by atoms with Gasteiger partial charge in [-0.05, 0) is 55.9 Å². The van der Waals surface area contributed by atoms with Gasteiger partial charge < -0.3 is 10.1 Å². The van der Waals surface area contributed by atoms with E-state index in [9.17, 15) is 14.9 Å². The zero-order valence-electron chi connectivity index (χ0n) is 13.6. The van der Waals surface area contributed by atoms with Crippen LogP contribution in [0.15, 0.2) is 24.3 Å². The van der Waals surface area contributed by atoms with Crippen molar-refractivity contribution in [3.63, 3.8) is 0 Å². The average molecular weight is 347 g/mol. The predicted molar refractivity (Wildman–Crippen MR) is 91.1 cm³/mol. The Bertz CT molecular complexity index is 719. The molecular formula is C18H19ClN2O3. The molecule has 1 aliphatic rings. The lowest BCUT2D eigenvalue weighted by Gasteiger charge is -2.22. The number of benzene rings is 1. The standard InChI is InChI=1S/C18H19ClN2O3/c1-12-3-4-13(9-15(12)19)5-8-17(23)24-10-16(22)21-18(2,11-20)14-6-7-14/h3-5,8-9,14H,6-7,10H2,1-2H3,(H,21,22)/b8-5+/t18-/m1/s1. The number of amides is 1. The lowest BCUT2D eigenvalue weighted by atomic mass is 9.98. The van der Waals surface area contributed by atoms with E-state index in [0.29, 0.717) is 5.02 Å². The van der Waals surface area contributed by atoms with E-state index >= 15 is 0 Å². The molecule has 0 aromatic heterocycles. The maximum absolute atomic E-state index is 11.8. The number of aryl methyl sites for hydroxylation is 1. The number of carbonyl (C=O) groups is 2. The molecular weight excluding hydrogens is 328 g/mol. The number of nitrogens with zero attached hydrogens (tertiary/aromatic N) is 1. The van der Waals surface area contributed by atoms with Gasteiger partial charge in [-0.3, -0.25) is 4.79 Å². The minimum absolute atomic E-state index is 0.174. The summed E-state index contributed by atoms with van der Waals surface area (Å²) < 4.78 is 4.89. The molecule has 1 fully saturated rings. The molecule has 0 aliphatic heterocycles. The monoisotopic (exact) mass is 346 g/mol. The Balaban J connectivity index is 1.82. The molecule has 0 spiro atoms. The van der Waals surface area contributed by atoms with E-state index in [1.165, 1.54) is 6.08 Å². The third kappa shape index (κ3) is 4.84. The SMILES string of the molecule is Cc1ccc(/C=C/C(=O)OCC(=O)N[C@](C)(C#N)C2CC2)cc1Cl. The number of nitrogens with one attached hydrogen (secondary N) is 1. The molecule has 1 amide bonds. The Labute approximate surface area is 146 Å². The molecule has 0 unspecified atom stereocenters. The van der Waals surface area contributed by atoms with Crippen molar-refractivity contribution in [3.8, 4) is 6.07 Å². The topological polar surface area (TPSA) is 79.2 Å². The van der Waals surface area contributed by atoms with E-state index in [0.717, 1.165) is 24.0 Å². The first kappa shape index (κ1) is 18.0. The molecule has 0 heterocycles. The number of hydrogen-bond acceptors (Lipinski definition) is 4. The second kappa shape index (κ2) is 7.50. The fourth-order valence-electron chi connectivity index (χ4n) is 2.27. The number of halogens is 1. The maximum Gasteiger partial charge on any atom is 0.331 e. The fraction of sp³-hybridized carbons (Fsp3) is 0.389. The lowest BCUT2D eigenvalue weighted by Crippen LogP contribution is -2.48. The van der Waals surface area contributed by atoms with Gasteiger partial charge in [-0.1, -0.05) is 23.7 Å². The van der Waals surface area contributed by atoms with Crippen molar-refractivity contribution in [2.24, 2.45) is 5.92 Å². The molecule has 0 bridgehead atoms. The van der Waals surface area contributed by atoms with Crippen LogP contribution >= 0.6 is 11.6 Å². The van der Waals surface area contributed by atoms with Crippen LogP contribution in [0.3, 0.4) is 0 Å². The van der Waals surface area contributed by atoms with Gasteiger partial charge in [-0.15, -0.1) is 0 Å². The third-order valence-corrected chi connectivity index (χ3v) is 4.39. The molecule has 0 radical (unpaired) electrons. The number of nitriles is 1. The highest BCUT2D eigenvalue weighted by Crippen LogP contribution is 2.39. The third-order valence-electron chi connectivity index (χ3n) is 3.98. The largest absolute Gasteiger partial charge is 0.452 e. The van der Waals surface area contributed by atoms with E-state index < -0.39 is 24.0 Å². The van der Waals surface area contributed by atoms with E-state index in [1.807, 2.05) is 19.1 Å². The Hall–Kier alpha value is -2.32. The van der Waals surface area contributed by atoms with Crippen LogP contribution in [-0.4, -0.2) is 24.0 Å². The molecule has 24 heavy (non-hydrogen) atoms. The lowest BCUT2D eigenvalue weighted by molar-refractivity contribution is -0.144. The summed E-state index contributed by atoms with van der Waals surface area (Å²) in [6, 6.07) is 7.53. The van der Waals surface area contributed by atoms with Gasteiger partial charge >= 0.3 is 5.97 Å². The summed E-state index contributed by atoms with van der Waals surface area (Å²) in [6.45, 7) is 3.16. The van der Waals surface area contributed by atoms with Crippen LogP contribution in [0.4, 0.5) is 0 Å². The summed E-state index contributed by atoms with van der Waals surface area (Å²) in [6.07, 6.45) is 4.64. The maximum atomic E-state index is 11.8. The van der Waals surface area contributed by atoms with E-state index in [2.05, 4.69) is 11.4 Å². The molecule has 1 aliphatic carbocycles. The van der Waals surface area contributed by atoms with E-state index in [1.54, 1.807) is 19.1 Å². The van der Waals surface area contributed by atoms with Gasteiger partial charge in [-0.2, -0.15) is 5.26 Å². The van der Waals surface area contributed by atoms with Crippen molar-refractivity contribution in [2.45, 2.75) is 32.2 Å². The van der Waals surface area contributed by atoms with Gasteiger partial charge in [0.25, 0.3) is 5.91 Å². The van der Waals surface area contributed by atoms with Crippen molar-refractivity contribution in [1.82, 2.24) is 5.32 Å². The Morgan fingerprint density at radius 1 is 1.50 bits per heavy atom. The Morgan fingerprint density at radius 3 is 2.79 bits per heavy atom. The van der Waals surface area contributed by atoms with Gasteiger partial charge in [0.15, 0.2) is 6.61 Å². The van der Waals surface area contributed by atoms with Gasteiger partial charge in [-0.25, -0.2) is 4.79 Å². The van der Waals surface area contributed by atoms with E-state index in [-0.39, 0.29) is 5.92 Å². The van der Waals surface area contributed by atoms with Crippen LogP contribution < -0.4 is 5.32 Å². The van der Waals surface area contributed by atoms with E-state index in [4.69, 9.17) is 16.3 Å². The number of rotatable bonds is 6. The predicted octanol–water partition coefficient (Wildman–Crippen LogP) is 3.01. The number of hydrogen-bond donors (Lipinski definition) is 1. The van der Waals surface area contributed by atoms with Crippen LogP contribution in [-0.2, 0) is 14.3 Å². The molecule has 1 N–H and O–H groups in total. The van der Waals surface area contributed by atoms with Crippen LogP contribution in [0.5, 0.6) is 0 Å². The fourth-order valence-corrected chi connectivity index (χ4v) is 2.46. The smallest absolute Gasteiger partial charge is 0.331 e. The van der Waals surface area contributed by atoms with Gasteiger partial charge in [0.05, 0.1) is 6.07 Å². The zero-order valence-corrected chi connectivity index (χ0v) is 14.4. The highest BCUT2D eigenvalue weighted by molar-refractivity contribution is 6.31. The summed E-state index contributed by atoms with van der Waals surface area (Å²) in [4.78, 5) is 23.5. The minimum atomic E-state index is -0.891. The normalized spacial score (nSPS) is 16.2. The summed E-state index contributed by atoms with van der Waals surface area (Å²) in [5, 5.41) is 12.4. The Morgan fingerprint density at radius 2 is 2.21 bits per heavy atom. The van der Waals surface area contributed by atoms with Crippen LogP contribution in [0.2, 0.25) is 5.02 Å². The van der Waals surface area contributed by atoms with Crippen molar-refractivity contribution in [3.05, 3.63) is 40.4 Å².